The fourth-order valence-corrected chi connectivity index (χ4v) is 0.911. The maximum atomic E-state index is 10.9. The lowest BCUT2D eigenvalue weighted by atomic mass is 10.4. The van der Waals surface area contributed by atoms with Gasteiger partial charge in [0.25, 0.3) is 0 Å². The van der Waals surface area contributed by atoms with Gasteiger partial charge >= 0.3 is 0 Å². The molecule has 0 fully saturated rings. The number of likely N-dealkylation sites (N-methyl/N-ethyl adjacent to an activating group) is 1. The summed E-state index contributed by atoms with van der Waals surface area (Å²) in [5.74, 6) is 0.369. The Morgan fingerprint density at radius 1 is 1.53 bits per heavy atom. The van der Waals surface area contributed by atoms with E-state index >= 15 is 0 Å². The smallest absolute Gasteiger partial charge is 0.239 e. The molecule has 0 radical (unpaired) electrons. The predicted molar refractivity (Wildman–Crippen MR) is 60.5 cm³/mol. The van der Waals surface area contributed by atoms with Gasteiger partial charge in [-0.05, 0) is 0 Å². The van der Waals surface area contributed by atoms with Crippen molar-refractivity contribution in [3.05, 3.63) is 18.1 Å². The number of anilines is 1. The van der Waals surface area contributed by atoms with Gasteiger partial charge in [-0.1, -0.05) is 12.2 Å². The van der Waals surface area contributed by atoms with Gasteiger partial charge in [-0.2, -0.15) is 0 Å². The minimum absolute atomic E-state index is 0.129. The molecular weight excluding hydrogens is 214 g/mol. The highest BCUT2D eigenvalue weighted by atomic mass is 32.1. The summed E-state index contributed by atoms with van der Waals surface area (Å²) in [6.45, 7) is 0.150. The van der Waals surface area contributed by atoms with E-state index in [2.05, 4.69) is 20.6 Å². The molecule has 1 heterocycles. The molecule has 0 aliphatic heterocycles. The Kier molecular flexibility index (Phi) is 3.92. The van der Waals surface area contributed by atoms with Gasteiger partial charge in [0, 0.05) is 7.05 Å². The van der Waals surface area contributed by atoms with Gasteiger partial charge < -0.3 is 16.4 Å². The first kappa shape index (κ1) is 11.3. The van der Waals surface area contributed by atoms with E-state index in [1.807, 2.05) is 0 Å². The van der Waals surface area contributed by atoms with Crippen molar-refractivity contribution in [3.8, 4) is 0 Å². The van der Waals surface area contributed by atoms with E-state index in [9.17, 15) is 4.79 Å². The Balaban J connectivity index is 2.57. The molecule has 0 spiro atoms. The summed E-state index contributed by atoms with van der Waals surface area (Å²) in [6.07, 6.45) is 2.92. The van der Waals surface area contributed by atoms with Gasteiger partial charge in [0.2, 0.25) is 5.91 Å². The molecule has 4 N–H and O–H groups in total. The third-order valence-electron chi connectivity index (χ3n) is 1.61. The second-order valence-electron chi connectivity index (χ2n) is 2.68. The lowest BCUT2D eigenvalue weighted by molar-refractivity contribution is -0.118. The summed E-state index contributed by atoms with van der Waals surface area (Å²) in [6, 6.07) is 0. The van der Waals surface area contributed by atoms with Gasteiger partial charge in [0.1, 0.15) is 16.5 Å². The average Bonchev–Trinajstić information content (AvgIpc) is 2.26. The second kappa shape index (κ2) is 5.20. The van der Waals surface area contributed by atoms with Crippen molar-refractivity contribution < 1.29 is 4.79 Å². The third-order valence-corrected chi connectivity index (χ3v) is 1.82. The number of rotatable bonds is 4. The summed E-state index contributed by atoms with van der Waals surface area (Å²) in [4.78, 5) is 19.0. The molecular formula is C8H11N5OS. The number of amides is 1. The number of hydrogen-bond donors (Lipinski definition) is 3. The number of thiocarbonyl (C=S) groups is 1. The Labute approximate surface area is 92.3 Å². The van der Waals surface area contributed by atoms with Gasteiger partial charge in [0.15, 0.2) is 0 Å². The zero-order valence-electron chi connectivity index (χ0n) is 8.15. The number of aromatic nitrogens is 2. The van der Waals surface area contributed by atoms with Crippen molar-refractivity contribution in [1.29, 1.82) is 0 Å². The quantitative estimate of drug-likeness (QED) is 0.585. The van der Waals surface area contributed by atoms with Crippen LogP contribution < -0.4 is 16.4 Å². The Morgan fingerprint density at radius 3 is 2.73 bits per heavy atom. The maximum Gasteiger partial charge on any atom is 0.239 e. The van der Waals surface area contributed by atoms with Crippen molar-refractivity contribution in [3.63, 3.8) is 0 Å². The minimum atomic E-state index is -0.129. The highest BCUT2D eigenvalue weighted by Gasteiger charge is 2.01. The van der Waals surface area contributed by atoms with Crippen molar-refractivity contribution in [2.24, 2.45) is 5.73 Å². The van der Waals surface area contributed by atoms with E-state index in [1.54, 1.807) is 7.05 Å². The van der Waals surface area contributed by atoms with Crippen LogP contribution in [0.1, 0.15) is 5.69 Å². The Morgan fingerprint density at radius 2 is 2.27 bits per heavy atom. The fourth-order valence-electron chi connectivity index (χ4n) is 0.806. The van der Waals surface area contributed by atoms with Crippen LogP contribution in [0, 0.1) is 0 Å². The standard InChI is InChI=1S/C8H11N5OS/c1-10-7(14)4-13-6-3-11-5(2-12-6)8(9)15/h2-3H,4H2,1H3,(H2,9,15)(H,10,14)(H,12,13). The van der Waals surface area contributed by atoms with Crippen LogP contribution in [0.3, 0.4) is 0 Å². The molecule has 0 aliphatic rings. The Bertz CT molecular complexity index is 364. The molecule has 1 amide bonds. The van der Waals surface area contributed by atoms with E-state index in [4.69, 9.17) is 18.0 Å². The number of nitrogens with two attached hydrogens (primary N) is 1. The zero-order valence-corrected chi connectivity index (χ0v) is 8.97. The molecule has 0 saturated heterocycles. The fraction of sp³-hybridized carbons (Fsp3) is 0.250. The van der Waals surface area contributed by atoms with Crippen molar-refractivity contribution in [1.82, 2.24) is 15.3 Å². The van der Waals surface area contributed by atoms with Crippen LogP contribution in [-0.4, -0.2) is 34.5 Å². The Hall–Kier alpha value is -1.76. The van der Waals surface area contributed by atoms with Gasteiger partial charge in [0.05, 0.1) is 18.9 Å². The first-order valence-corrected chi connectivity index (χ1v) is 4.60. The molecule has 0 atom stereocenters. The molecule has 1 aromatic heterocycles. The lowest BCUT2D eigenvalue weighted by Gasteiger charge is -2.04. The van der Waals surface area contributed by atoms with E-state index < -0.39 is 0 Å². The summed E-state index contributed by atoms with van der Waals surface area (Å²) in [7, 11) is 1.56. The SMILES string of the molecule is CNC(=O)CNc1cnc(C(N)=S)cn1. The highest BCUT2D eigenvalue weighted by molar-refractivity contribution is 7.80. The van der Waals surface area contributed by atoms with Crippen LogP contribution in [0.2, 0.25) is 0 Å². The summed E-state index contributed by atoms with van der Waals surface area (Å²) < 4.78 is 0. The van der Waals surface area contributed by atoms with Crippen LogP contribution in [0.25, 0.3) is 0 Å². The van der Waals surface area contributed by atoms with E-state index in [-0.39, 0.29) is 17.4 Å². The monoisotopic (exact) mass is 225 g/mol. The van der Waals surface area contributed by atoms with Crippen LogP contribution in [0.4, 0.5) is 5.82 Å². The van der Waals surface area contributed by atoms with E-state index in [0.717, 1.165) is 0 Å². The maximum absolute atomic E-state index is 10.9. The van der Waals surface area contributed by atoms with E-state index in [0.29, 0.717) is 11.5 Å². The highest BCUT2D eigenvalue weighted by Crippen LogP contribution is 1.99. The van der Waals surface area contributed by atoms with Gasteiger partial charge in [-0.15, -0.1) is 0 Å². The van der Waals surface area contributed by atoms with Crippen molar-refractivity contribution in [2.45, 2.75) is 0 Å². The second-order valence-corrected chi connectivity index (χ2v) is 3.12. The summed E-state index contributed by atoms with van der Waals surface area (Å²) >= 11 is 4.72. The number of carbonyl (C=O) groups excluding carboxylic acids is 1. The number of hydrogen-bond acceptors (Lipinski definition) is 5. The number of nitrogens with zero attached hydrogens (tertiary/aromatic N) is 2. The number of nitrogens with one attached hydrogen (secondary N) is 2. The molecule has 0 saturated carbocycles. The third kappa shape index (κ3) is 3.47. The summed E-state index contributed by atoms with van der Waals surface area (Å²) in [5, 5.41) is 5.27. The average molecular weight is 225 g/mol. The number of carbonyl (C=O) groups is 1. The largest absolute Gasteiger partial charge is 0.388 e. The minimum Gasteiger partial charge on any atom is -0.388 e. The summed E-state index contributed by atoms with van der Waals surface area (Å²) in [5.41, 5.74) is 5.81. The topological polar surface area (TPSA) is 92.9 Å². The molecule has 0 aromatic carbocycles. The molecule has 1 aromatic rings. The molecule has 0 aliphatic carbocycles. The molecule has 80 valence electrons. The van der Waals surface area contributed by atoms with Crippen LogP contribution in [0.15, 0.2) is 12.4 Å². The first-order valence-electron chi connectivity index (χ1n) is 4.19. The molecule has 0 bridgehead atoms. The molecule has 0 unspecified atom stereocenters. The molecule has 6 nitrogen and oxygen atoms in total. The molecule has 7 heteroatoms. The predicted octanol–water partition coefficient (Wildman–Crippen LogP) is -0.731. The lowest BCUT2D eigenvalue weighted by Crippen LogP contribution is -2.26. The van der Waals surface area contributed by atoms with Gasteiger partial charge in [-0.3, -0.25) is 4.79 Å². The first-order chi connectivity index (χ1) is 7.13. The van der Waals surface area contributed by atoms with Gasteiger partial charge in [-0.25, -0.2) is 9.97 Å². The van der Waals surface area contributed by atoms with Crippen LogP contribution in [0.5, 0.6) is 0 Å². The van der Waals surface area contributed by atoms with Crippen molar-refractivity contribution in [2.75, 3.05) is 18.9 Å². The van der Waals surface area contributed by atoms with Crippen molar-refractivity contribution >= 4 is 28.9 Å². The molecule has 15 heavy (non-hydrogen) atoms. The molecule has 1 rings (SSSR count). The van der Waals surface area contributed by atoms with Crippen LogP contribution >= 0.6 is 12.2 Å². The normalized spacial score (nSPS) is 9.40. The van der Waals surface area contributed by atoms with E-state index in [1.165, 1.54) is 12.4 Å². The van der Waals surface area contributed by atoms with Crippen LogP contribution in [-0.2, 0) is 4.79 Å². The zero-order chi connectivity index (χ0) is 11.3.